The Labute approximate surface area is 219 Å². The van der Waals surface area contributed by atoms with Crippen LogP contribution in [0.25, 0.3) is 0 Å². The number of carbonyl (C=O) groups excluding carboxylic acids is 4. The minimum atomic E-state index is -0.980. The van der Waals surface area contributed by atoms with Gasteiger partial charge in [-0.15, -0.1) is 0 Å². The molecule has 4 N–H and O–H groups in total. The largest absolute Gasteiger partial charge is 0.366 e. The minimum absolute atomic E-state index is 0.0512. The van der Waals surface area contributed by atoms with E-state index in [1.807, 2.05) is 47.4 Å². The van der Waals surface area contributed by atoms with E-state index in [9.17, 15) is 19.2 Å². The number of nitrogens with zero attached hydrogens (tertiary/aromatic N) is 2. The van der Waals surface area contributed by atoms with Crippen molar-refractivity contribution >= 4 is 29.4 Å². The maximum atomic E-state index is 13.5. The summed E-state index contributed by atoms with van der Waals surface area (Å²) in [6, 6.07) is 18.8. The fraction of sp³-hybridized carbons (Fsp3) is 0.207. The van der Waals surface area contributed by atoms with Gasteiger partial charge in [-0.05, 0) is 61.2 Å². The van der Waals surface area contributed by atoms with Crippen LogP contribution in [-0.4, -0.2) is 40.2 Å². The molecule has 0 aliphatic carbocycles. The van der Waals surface area contributed by atoms with Gasteiger partial charge in [-0.25, -0.2) is 4.98 Å². The van der Waals surface area contributed by atoms with Gasteiger partial charge in [0.1, 0.15) is 11.4 Å². The number of hydrogen-bond donors (Lipinski definition) is 3. The first-order valence-electron chi connectivity index (χ1n) is 12.4. The van der Waals surface area contributed by atoms with Gasteiger partial charge < -0.3 is 16.0 Å². The van der Waals surface area contributed by atoms with Crippen LogP contribution in [0.5, 0.6) is 0 Å². The highest BCUT2D eigenvalue weighted by molar-refractivity contribution is 6.09. The number of fused-ring (bicyclic) bond motifs is 2. The molecule has 1 aromatic heterocycles. The second-order valence-corrected chi connectivity index (χ2v) is 9.44. The SMILES string of the molecule is NC(=O)c1ccc(C(=O)NC(=O)C23CC=CC(CC2)N3c2ccc(C(=O)NCc3ccccc3)cn2)cc1. The quantitative estimate of drug-likeness (QED) is 0.331. The van der Waals surface area contributed by atoms with Crippen molar-refractivity contribution in [1.82, 2.24) is 15.6 Å². The van der Waals surface area contributed by atoms with E-state index in [1.54, 1.807) is 12.1 Å². The number of carbonyl (C=O) groups is 4. The molecule has 1 saturated heterocycles. The normalized spacial score (nSPS) is 19.6. The number of pyridine rings is 1. The Hall–Kier alpha value is -4.79. The van der Waals surface area contributed by atoms with Crippen molar-refractivity contribution < 1.29 is 19.2 Å². The Balaban J connectivity index is 1.31. The molecular weight excluding hydrogens is 482 g/mol. The van der Waals surface area contributed by atoms with Crippen molar-refractivity contribution in [2.24, 2.45) is 5.73 Å². The van der Waals surface area contributed by atoms with Gasteiger partial charge in [0.15, 0.2) is 0 Å². The van der Waals surface area contributed by atoms with E-state index >= 15 is 0 Å². The molecule has 0 saturated carbocycles. The number of anilines is 1. The third kappa shape index (κ3) is 4.78. The van der Waals surface area contributed by atoms with E-state index in [-0.39, 0.29) is 23.1 Å². The Morgan fingerprint density at radius 1 is 0.921 bits per heavy atom. The number of nitrogens with one attached hydrogen (secondary N) is 2. The Bertz CT molecular complexity index is 1400. The van der Waals surface area contributed by atoms with Crippen LogP contribution < -0.4 is 21.3 Å². The molecule has 2 bridgehead atoms. The molecule has 5 rings (SSSR count). The smallest absolute Gasteiger partial charge is 0.257 e. The first kappa shape index (κ1) is 24.9. The highest BCUT2D eigenvalue weighted by Gasteiger charge is 2.53. The first-order chi connectivity index (χ1) is 18.4. The molecule has 2 aliphatic heterocycles. The van der Waals surface area contributed by atoms with E-state index in [0.29, 0.717) is 30.8 Å². The second kappa shape index (κ2) is 10.3. The van der Waals surface area contributed by atoms with Crippen LogP contribution in [0.4, 0.5) is 5.82 Å². The summed E-state index contributed by atoms with van der Waals surface area (Å²) in [5, 5.41) is 5.42. The van der Waals surface area contributed by atoms with Gasteiger partial charge in [-0.2, -0.15) is 0 Å². The number of imide groups is 1. The van der Waals surface area contributed by atoms with Crippen LogP contribution in [0.15, 0.2) is 85.1 Å². The molecule has 9 nitrogen and oxygen atoms in total. The number of hydrogen-bond acceptors (Lipinski definition) is 6. The fourth-order valence-corrected chi connectivity index (χ4v) is 5.08. The molecule has 2 aliphatic rings. The molecule has 1 fully saturated rings. The highest BCUT2D eigenvalue weighted by Crippen LogP contribution is 2.43. The van der Waals surface area contributed by atoms with Crippen molar-refractivity contribution in [3.63, 3.8) is 0 Å². The molecule has 2 aromatic carbocycles. The molecule has 38 heavy (non-hydrogen) atoms. The van der Waals surface area contributed by atoms with Gasteiger partial charge in [0.25, 0.3) is 17.7 Å². The summed E-state index contributed by atoms with van der Waals surface area (Å²) >= 11 is 0. The molecule has 3 aromatic rings. The molecular formula is C29H27N5O4. The van der Waals surface area contributed by atoms with Gasteiger partial charge in [0, 0.05) is 29.9 Å². The third-order valence-electron chi connectivity index (χ3n) is 7.09. The lowest BCUT2D eigenvalue weighted by Crippen LogP contribution is -2.59. The van der Waals surface area contributed by atoms with Gasteiger partial charge in [-0.3, -0.25) is 24.5 Å². The standard InChI is InChI=1S/C29H27N5O4/c30-25(35)20-8-10-21(11-9-20)27(37)33-28(38)29-15-4-7-23(14-16-29)34(29)24-13-12-22(18-31-24)26(36)32-17-19-5-2-1-3-6-19/h1-13,18,23H,14-17H2,(H2,30,35)(H,32,36)(H,33,37,38). The number of rotatable bonds is 7. The zero-order chi connectivity index (χ0) is 26.7. The van der Waals surface area contributed by atoms with Gasteiger partial charge in [0.05, 0.1) is 5.56 Å². The summed E-state index contributed by atoms with van der Waals surface area (Å²) in [5.74, 6) is -1.25. The highest BCUT2D eigenvalue weighted by atomic mass is 16.2. The van der Waals surface area contributed by atoms with E-state index < -0.39 is 23.3 Å². The number of amides is 4. The van der Waals surface area contributed by atoms with Gasteiger partial charge in [-0.1, -0.05) is 42.5 Å². The zero-order valence-corrected chi connectivity index (χ0v) is 20.6. The first-order valence-corrected chi connectivity index (χ1v) is 12.4. The third-order valence-corrected chi connectivity index (χ3v) is 7.09. The van der Waals surface area contributed by atoms with Gasteiger partial charge >= 0.3 is 0 Å². The van der Waals surface area contributed by atoms with Crippen molar-refractivity contribution in [3.05, 3.63) is 107 Å². The van der Waals surface area contributed by atoms with Crippen LogP contribution in [0, 0.1) is 0 Å². The zero-order valence-electron chi connectivity index (χ0n) is 20.6. The summed E-state index contributed by atoms with van der Waals surface area (Å²) in [5.41, 5.74) is 6.21. The number of nitrogens with two attached hydrogens (primary N) is 1. The Kier molecular flexibility index (Phi) is 6.74. The molecule has 0 radical (unpaired) electrons. The fourth-order valence-electron chi connectivity index (χ4n) is 5.08. The number of benzene rings is 2. The summed E-state index contributed by atoms with van der Waals surface area (Å²) in [7, 11) is 0. The molecule has 2 unspecified atom stereocenters. The molecule has 9 heteroatoms. The number of aromatic nitrogens is 1. The molecule has 3 heterocycles. The van der Waals surface area contributed by atoms with Crippen LogP contribution in [0.3, 0.4) is 0 Å². The monoisotopic (exact) mass is 509 g/mol. The van der Waals surface area contributed by atoms with Crippen molar-refractivity contribution in [2.45, 2.75) is 37.4 Å². The average molecular weight is 510 g/mol. The minimum Gasteiger partial charge on any atom is -0.366 e. The van der Waals surface area contributed by atoms with E-state index in [0.717, 1.165) is 12.0 Å². The van der Waals surface area contributed by atoms with Crippen LogP contribution in [-0.2, 0) is 11.3 Å². The summed E-state index contributed by atoms with van der Waals surface area (Å²) in [4.78, 5) is 56.8. The van der Waals surface area contributed by atoms with Crippen molar-refractivity contribution in [3.8, 4) is 0 Å². The number of primary amides is 1. The maximum Gasteiger partial charge on any atom is 0.257 e. The lowest BCUT2D eigenvalue weighted by atomic mass is 9.89. The molecule has 4 amide bonds. The van der Waals surface area contributed by atoms with Crippen molar-refractivity contribution in [1.29, 1.82) is 0 Å². The summed E-state index contributed by atoms with van der Waals surface area (Å²) in [6.07, 6.45) is 7.21. The van der Waals surface area contributed by atoms with Crippen LogP contribution >= 0.6 is 0 Å². The van der Waals surface area contributed by atoms with Gasteiger partial charge in [0.2, 0.25) is 5.91 Å². The predicted octanol–water partition coefficient (Wildman–Crippen LogP) is 2.73. The lowest BCUT2D eigenvalue weighted by molar-refractivity contribution is -0.125. The summed E-state index contributed by atoms with van der Waals surface area (Å²) < 4.78 is 0. The average Bonchev–Trinajstić information content (AvgIpc) is 3.17. The van der Waals surface area contributed by atoms with Crippen molar-refractivity contribution in [2.75, 3.05) is 4.90 Å². The molecule has 192 valence electrons. The van der Waals surface area contributed by atoms with E-state index in [1.165, 1.54) is 30.5 Å². The van der Waals surface area contributed by atoms with E-state index in [2.05, 4.69) is 15.6 Å². The maximum absolute atomic E-state index is 13.5. The second-order valence-electron chi connectivity index (χ2n) is 9.44. The van der Waals surface area contributed by atoms with E-state index in [4.69, 9.17) is 5.73 Å². The van der Waals surface area contributed by atoms with Crippen LogP contribution in [0.1, 0.15) is 55.9 Å². The topological polar surface area (TPSA) is 134 Å². The lowest BCUT2D eigenvalue weighted by Gasteiger charge is -2.41. The molecule has 0 spiro atoms. The van der Waals surface area contributed by atoms with Crippen LogP contribution in [0.2, 0.25) is 0 Å². The predicted molar refractivity (Wildman–Crippen MR) is 141 cm³/mol. The Morgan fingerprint density at radius 2 is 1.63 bits per heavy atom. The Morgan fingerprint density at radius 3 is 2.32 bits per heavy atom. The summed E-state index contributed by atoms with van der Waals surface area (Å²) in [6.45, 7) is 0.406. The molecule has 2 atom stereocenters.